The van der Waals surface area contributed by atoms with Crippen LogP contribution in [0.4, 0.5) is 0 Å². The summed E-state index contributed by atoms with van der Waals surface area (Å²) in [5.74, 6) is 0. The average Bonchev–Trinajstić information content (AvgIpc) is 2.07. The molecule has 0 aliphatic carbocycles. The van der Waals surface area contributed by atoms with E-state index in [1.54, 1.807) is 0 Å². The fourth-order valence-electron chi connectivity index (χ4n) is 1.61. The Morgan fingerprint density at radius 3 is 2.55 bits per heavy atom. The van der Waals surface area contributed by atoms with Crippen LogP contribution in [0.25, 0.3) is 0 Å². The van der Waals surface area contributed by atoms with Gasteiger partial charge in [-0.05, 0) is 39.3 Å². The van der Waals surface area contributed by atoms with Gasteiger partial charge in [0.15, 0.2) is 0 Å². The lowest BCUT2D eigenvalue weighted by Crippen LogP contribution is -2.30. The molecule has 1 saturated heterocycles. The predicted molar refractivity (Wildman–Crippen MR) is 49.7 cm³/mol. The van der Waals surface area contributed by atoms with Crippen LogP contribution in [0.2, 0.25) is 0 Å². The number of piperidine rings is 1. The maximum absolute atomic E-state index is 2.57. The van der Waals surface area contributed by atoms with Crippen molar-refractivity contribution in [3.8, 4) is 0 Å². The van der Waals surface area contributed by atoms with E-state index in [-0.39, 0.29) is 0 Å². The Morgan fingerprint density at radius 1 is 1.18 bits per heavy atom. The van der Waals surface area contributed by atoms with Crippen molar-refractivity contribution in [2.45, 2.75) is 32.6 Å². The van der Waals surface area contributed by atoms with E-state index in [0.29, 0.717) is 0 Å². The number of nitrogens with zero attached hydrogens (tertiary/aromatic N) is 1. The predicted octanol–water partition coefficient (Wildman–Crippen LogP) is 2.44. The minimum atomic E-state index is 1.23. The van der Waals surface area contributed by atoms with Crippen LogP contribution in [0.1, 0.15) is 32.6 Å². The first kappa shape index (κ1) is 8.79. The fourth-order valence-corrected chi connectivity index (χ4v) is 1.61. The molecule has 11 heavy (non-hydrogen) atoms. The van der Waals surface area contributed by atoms with Crippen molar-refractivity contribution in [3.63, 3.8) is 0 Å². The molecule has 1 rings (SSSR count). The quantitative estimate of drug-likeness (QED) is 0.563. The summed E-state index contributed by atoms with van der Waals surface area (Å²) in [5, 5.41) is 0. The van der Waals surface area contributed by atoms with Crippen LogP contribution in [-0.2, 0) is 0 Å². The highest BCUT2D eigenvalue weighted by Gasteiger charge is 2.07. The van der Waals surface area contributed by atoms with Crippen LogP contribution in [-0.4, -0.2) is 24.5 Å². The molecule has 1 aliphatic rings. The number of allylic oxidation sites excluding steroid dienone is 1. The largest absolute Gasteiger partial charge is 0.303 e. The SMILES string of the molecule is CC=CCCN1CCCCC1. The van der Waals surface area contributed by atoms with E-state index in [1.165, 1.54) is 45.3 Å². The molecule has 0 bridgehead atoms. The van der Waals surface area contributed by atoms with Gasteiger partial charge < -0.3 is 4.90 Å². The average molecular weight is 153 g/mol. The Bertz CT molecular complexity index is 112. The molecular formula is C10H19N. The summed E-state index contributed by atoms with van der Waals surface area (Å²) in [5.41, 5.74) is 0. The second kappa shape index (κ2) is 5.36. The van der Waals surface area contributed by atoms with Crippen molar-refractivity contribution in [1.82, 2.24) is 4.90 Å². The fraction of sp³-hybridized carbons (Fsp3) is 0.800. The summed E-state index contributed by atoms with van der Waals surface area (Å²) < 4.78 is 0. The van der Waals surface area contributed by atoms with Crippen molar-refractivity contribution in [2.75, 3.05) is 19.6 Å². The van der Waals surface area contributed by atoms with Gasteiger partial charge in [-0.2, -0.15) is 0 Å². The van der Waals surface area contributed by atoms with Crippen molar-refractivity contribution >= 4 is 0 Å². The third-order valence-electron chi connectivity index (χ3n) is 2.30. The zero-order valence-electron chi connectivity index (χ0n) is 7.55. The molecule has 0 aromatic heterocycles. The van der Waals surface area contributed by atoms with Gasteiger partial charge in [-0.3, -0.25) is 0 Å². The highest BCUT2D eigenvalue weighted by molar-refractivity contribution is 4.78. The molecule has 0 saturated carbocycles. The molecule has 64 valence electrons. The van der Waals surface area contributed by atoms with E-state index in [1.807, 2.05) is 0 Å². The van der Waals surface area contributed by atoms with Gasteiger partial charge in [0, 0.05) is 6.54 Å². The normalized spacial score (nSPS) is 21.2. The second-order valence-electron chi connectivity index (χ2n) is 3.26. The number of hydrogen-bond donors (Lipinski definition) is 0. The molecule has 1 heterocycles. The highest BCUT2D eigenvalue weighted by atomic mass is 15.1. The minimum Gasteiger partial charge on any atom is -0.303 e. The summed E-state index contributed by atoms with van der Waals surface area (Å²) in [6.45, 7) is 6.02. The third-order valence-corrected chi connectivity index (χ3v) is 2.30. The molecule has 1 aliphatic heterocycles. The summed E-state index contributed by atoms with van der Waals surface area (Å²) in [4.78, 5) is 2.57. The molecule has 0 radical (unpaired) electrons. The molecule has 0 spiro atoms. The van der Waals surface area contributed by atoms with Gasteiger partial charge in [-0.25, -0.2) is 0 Å². The van der Waals surface area contributed by atoms with Crippen LogP contribution in [0.3, 0.4) is 0 Å². The van der Waals surface area contributed by atoms with Gasteiger partial charge in [-0.1, -0.05) is 18.6 Å². The highest BCUT2D eigenvalue weighted by Crippen LogP contribution is 2.08. The lowest BCUT2D eigenvalue weighted by Gasteiger charge is -2.25. The Kier molecular flexibility index (Phi) is 4.29. The summed E-state index contributed by atoms with van der Waals surface area (Å²) >= 11 is 0. The van der Waals surface area contributed by atoms with Crippen LogP contribution >= 0.6 is 0 Å². The van der Waals surface area contributed by atoms with Gasteiger partial charge >= 0.3 is 0 Å². The number of hydrogen-bond acceptors (Lipinski definition) is 1. The molecule has 0 atom stereocenters. The molecule has 1 heteroatoms. The zero-order chi connectivity index (χ0) is 7.94. The van der Waals surface area contributed by atoms with Crippen molar-refractivity contribution in [1.29, 1.82) is 0 Å². The summed E-state index contributed by atoms with van der Waals surface area (Å²) in [6, 6.07) is 0. The summed E-state index contributed by atoms with van der Waals surface area (Å²) in [7, 11) is 0. The lowest BCUT2D eigenvalue weighted by molar-refractivity contribution is 0.233. The van der Waals surface area contributed by atoms with E-state index >= 15 is 0 Å². The van der Waals surface area contributed by atoms with Crippen molar-refractivity contribution in [2.24, 2.45) is 0 Å². The maximum atomic E-state index is 2.57. The topological polar surface area (TPSA) is 3.24 Å². The molecular weight excluding hydrogens is 134 g/mol. The van der Waals surface area contributed by atoms with Gasteiger partial charge in [0.1, 0.15) is 0 Å². The molecule has 1 fully saturated rings. The third kappa shape index (κ3) is 3.57. The Hall–Kier alpha value is -0.300. The van der Waals surface area contributed by atoms with Crippen LogP contribution < -0.4 is 0 Å². The zero-order valence-corrected chi connectivity index (χ0v) is 7.55. The minimum absolute atomic E-state index is 1.23. The Balaban J connectivity index is 2.04. The molecule has 0 aromatic rings. The first-order chi connectivity index (χ1) is 5.43. The molecule has 0 aromatic carbocycles. The van der Waals surface area contributed by atoms with E-state index < -0.39 is 0 Å². The van der Waals surface area contributed by atoms with Gasteiger partial charge in [0.25, 0.3) is 0 Å². The molecule has 0 unspecified atom stereocenters. The second-order valence-corrected chi connectivity index (χ2v) is 3.26. The lowest BCUT2D eigenvalue weighted by atomic mass is 10.1. The van der Waals surface area contributed by atoms with E-state index in [0.717, 1.165) is 0 Å². The number of rotatable bonds is 3. The maximum Gasteiger partial charge on any atom is 0.00159 e. The van der Waals surface area contributed by atoms with Crippen molar-refractivity contribution in [3.05, 3.63) is 12.2 Å². The van der Waals surface area contributed by atoms with Crippen LogP contribution in [0, 0.1) is 0 Å². The first-order valence-corrected chi connectivity index (χ1v) is 4.77. The molecule has 0 amide bonds. The Labute approximate surface area is 70.1 Å². The summed E-state index contributed by atoms with van der Waals surface area (Å²) in [6.07, 6.45) is 9.90. The monoisotopic (exact) mass is 153 g/mol. The molecule has 1 nitrogen and oxygen atoms in total. The first-order valence-electron chi connectivity index (χ1n) is 4.77. The standard InChI is InChI=1S/C10H19N/c1-2-3-5-8-11-9-6-4-7-10-11/h2-3H,4-10H2,1H3. The number of likely N-dealkylation sites (tertiary alicyclic amines) is 1. The van der Waals surface area contributed by atoms with Gasteiger partial charge in [0.2, 0.25) is 0 Å². The van der Waals surface area contributed by atoms with Crippen molar-refractivity contribution < 1.29 is 0 Å². The molecule has 0 N–H and O–H groups in total. The van der Waals surface area contributed by atoms with E-state index in [2.05, 4.69) is 24.0 Å². The van der Waals surface area contributed by atoms with Crippen LogP contribution in [0.15, 0.2) is 12.2 Å². The van der Waals surface area contributed by atoms with E-state index in [9.17, 15) is 0 Å². The van der Waals surface area contributed by atoms with E-state index in [4.69, 9.17) is 0 Å². The van der Waals surface area contributed by atoms with Crippen LogP contribution in [0.5, 0.6) is 0 Å². The van der Waals surface area contributed by atoms with Gasteiger partial charge in [0.05, 0.1) is 0 Å². The Morgan fingerprint density at radius 2 is 1.91 bits per heavy atom. The van der Waals surface area contributed by atoms with Gasteiger partial charge in [-0.15, -0.1) is 0 Å². The smallest absolute Gasteiger partial charge is 0.00159 e.